The van der Waals surface area contributed by atoms with Crippen molar-refractivity contribution < 1.29 is 12.8 Å². The first-order chi connectivity index (χ1) is 9.43. The Bertz CT molecular complexity index is 659. The zero-order chi connectivity index (χ0) is 14.4. The van der Waals surface area contributed by atoms with Gasteiger partial charge in [0.15, 0.2) is 0 Å². The molecule has 1 saturated heterocycles. The predicted octanol–water partition coefficient (Wildman–Crippen LogP) is 2.00. The van der Waals surface area contributed by atoms with Crippen LogP contribution in [0.5, 0.6) is 0 Å². The number of benzene rings is 1. The molecule has 2 aliphatic heterocycles. The van der Waals surface area contributed by atoms with Crippen molar-refractivity contribution in [2.45, 2.75) is 31.3 Å². The molecule has 2 atom stereocenters. The molecule has 20 heavy (non-hydrogen) atoms. The summed E-state index contributed by atoms with van der Waals surface area (Å²) in [6, 6.07) is 5.99. The van der Waals surface area contributed by atoms with Gasteiger partial charge in [0.05, 0.1) is 11.2 Å². The van der Waals surface area contributed by atoms with E-state index >= 15 is 0 Å². The Balaban J connectivity index is 2.09. The minimum absolute atomic E-state index is 0.220. The molecule has 1 N–H and O–H groups in total. The van der Waals surface area contributed by atoms with Crippen molar-refractivity contribution in [3.05, 3.63) is 41.6 Å². The van der Waals surface area contributed by atoms with E-state index in [2.05, 4.69) is 5.32 Å². The van der Waals surface area contributed by atoms with Crippen molar-refractivity contribution in [1.82, 2.24) is 5.32 Å². The number of sulfonamides is 1. The second kappa shape index (κ2) is 4.56. The number of hydrogen-bond acceptors (Lipinski definition) is 3. The topological polar surface area (TPSA) is 49.4 Å². The van der Waals surface area contributed by atoms with Gasteiger partial charge in [-0.05, 0) is 50.6 Å². The van der Waals surface area contributed by atoms with E-state index in [1.54, 1.807) is 12.1 Å². The van der Waals surface area contributed by atoms with Gasteiger partial charge in [-0.1, -0.05) is 6.07 Å². The molecule has 4 nitrogen and oxygen atoms in total. The molecule has 0 unspecified atom stereocenters. The van der Waals surface area contributed by atoms with E-state index in [-0.39, 0.29) is 6.04 Å². The van der Waals surface area contributed by atoms with Crippen LogP contribution in [0, 0.1) is 5.82 Å². The minimum atomic E-state index is -3.53. The molecular formula is C14H17FN2O2S. The van der Waals surface area contributed by atoms with Crippen molar-refractivity contribution >= 4 is 15.7 Å². The van der Waals surface area contributed by atoms with Crippen LogP contribution in [0.1, 0.15) is 19.8 Å². The van der Waals surface area contributed by atoms with E-state index < -0.39 is 21.4 Å². The smallest absolute Gasteiger partial charge is 0.258 e. The lowest BCUT2D eigenvalue weighted by Gasteiger charge is -2.43. The lowest BCUT2D eigenvalue weighted by atomic mass is 9.84. The van der Waals surface area contributed by atoms with Gasteiger partial charge in [-0.25, -0.2) is 12.8 Å². The number of halogens is 1. The third-order valence-corrected chi connectivity index (χ3v) is 5.53. The number of nitrogens with one attached hydrogen (secondary N) is 1. The summed E-state index contributed by atoms with van der Waals surface area (Å²) in [6.07, 6.45) is 3.12. The van der Waals surface area contributed by atoms with Crippen molar-refractivity contribution in [2.24, 2.45) is 0 Å². The SMILES string of the molecule is C[C@H]1C[C@@]2(C=CS(=O)(=O)N2c2cccc(F)c2)CCN1. The van der Waals surface area contributed by atoms with E-state index in [1.807, 2.05) is 6.92 Å². The molecule has 0 amide bonds. The van der Waals surface area contributed by atoms with Gasteiger partial charge < -0.3 is 5.32 Å². The monoisotopic (exact) mass is 296 g/mol. The Kier molecular flexibility index (Phi) is 3.10. The third-order valence-electron chi connectivity index (χ3n) is 3.96. The maximum atomic E-state index is 13.5. The zero-order valence-corrected chi connectivity index (χ0v) is 12.0. The summed E-state index contributed by atoms with van der Waals surface area (Å²) in [5.41, 5.74) is -0.179. The summed E-state index contributed by atoms with van der Waals surface area (Å²) in [6.45, 7) is 2.77. The van der Waals surface area contributed by atoms with E-state index in [1.165, 1.54) is 27.9 Å². The van der Waals surface area contributed by atoms with Gasteiger partial charge in [0.1, 0.15) is 5.82 Å². The maximum absolute atomic E-state index is 13.5. The third kappa shape index (κ3) is 2.13. The highest BCUT2D eigenvalue weighted by molar-refractivity contribution is 7.96. The molecule has 1 aromatic rings. The Morgan fingerprint density at radius 3 is 2.95 bits per heavy atom. The van der Waals surface area contributed by atoms with Crippen LogP contribution in [-0.4, -0.2) is 26.5 Å². The van der Waals surface area contributed by atoms with Gasteiger partial charge >= 0.3 is 0 Å². The highest BCUT2D eigenvalue weighted by Crippen LogP contribution is 2.41. The normalized spacial score (nSPS) is 31.9. The van der Waals surface area contributed by atoms with Crippen LogP contribution in [0.25, 0.3) is 0 Å². The second-order valence-electron chi connectivity index (χ2n) is 5.50. The predicted molar refractivity (Wildman–Crippen MR) is 76.4 cm³/mol. The Morgan fingerprint density at radius 2 is 2.25 bits per heavy atom. The van der Waals surface area contributed by atoms with Gasteiger partial charge in [0, 0.05) is 11.4 Å². The average molecular weight is 296 g/mol. The van der Waals surface area contributed by atoms with Crippen molar-refractivity contribution in [3.63, 3.8) is 0 Å². The van der Waals surface area contributed by atoms with Crippen LogP contribution < -0.4 is 9.62 Å². The molecule has 6 heteroatoms. The standard InChI is InChI=1S/C14H17FN2O2S/c1-11-10-14(5-7-16-11)6-8-20(18,19)17(14)13-4-2-3-12(15)9-13/h2-4,6,8-9,11,16H,5,7,10H2,1H3/t11-,14-/m0/s1. The average Bonchev–Trinajstić information content (AvgIpc) is 2.60. The van der Waals surface area contributed by atoms with Crippen molar-refractivity contribution in [1.29, 1.82) is 0 Å². The summed E-state index contributed by atoms with van der Waals surface area (Å²) in [5.74, 6) is -0.429. The lowest BCUT2D eigenvalue weighted by molar-refractivity contribution is 0.321. The number of piperidine rings is 1. The van der Waals surface area contributed by atoms with Crippen LogP contribution in [0.3, 0.4) is 0 Å². The summed E-state index contributed by atoms with van der Waals surface area (Å²) in [7, 11) is -3.53. The van der Waals surface area contributed by atoms with Gasteiger partial charge in [0.25, 0.3) is 10.0 Å². The van der Waals surface area contributed by atoms with E-state index in [9.17, 15) is 12.8 Å². The fourth-order valence-electron chi connectivity index (χ4n) is 3.18. The fraction of sp³-hybridized carbons (Fsp3) is 0.429. The molecule has 0 aromatic heterocycles. The number of hydrogen-bond donors (Lipinski definition) is 1. The summed E-state index contributed by atoms with van der Waals surface area (Å²) >= 11 is 0. The van der Waals surface area contributed by atoms with E-state index in [0.29, 0.717) is 18.5 Å². The van der Waals surface area contributed by atoms with Crippen molar-refractivity contribution in [3.8, 4) is 0 Å². The summed E-state index contributed by atoms with van der Waals surface area (Å²) < 4.78 is 39.5. The summed E-state index contributed by atoms with van der Waals surface area (Å²) in [5, 5.41) is 4.56. The van der Waals surface area contributed by atoms with E-state index in [0.717, 1.165) is 6.54 Å². The number of rotatable bonds is 1. The first kappa shape index (κ1) is 13.6. The molecule has 2 aliphatic rings. The van der Waals surface area contributed by atoms with Crippen LogP contribution in [0.2, 0.25) is 0 Å². The Labute approximate surface area is 118 Å². The first-order valence-electron chi connectivity index (χ1n) is 6.67. The molecule has 1 spiro atoms. The molecule has 2 heterocycles. The second-order valence-corrected chi connectivity index (χ2v) is 7.17. The lowest BCUT2D eigenvalue weighted by Crippen LogP contribution is -2.55. The number of anilines is 1. The molecule has 0 aliphatic carbocycles. The van der Waals surface area contributed by atoms with Crippen LogP contribution >= 0.6 is 0 Å². The molecule has 1 aromatic carbocycles. The van der Waals surface area contributed by atoms with Gasteiger partial charge in [-0.15, -0.1) is 0 Å². The molecule has 0 bridgehead atoms. The van der Waals surface area contributed by atoms with Crippen LogP contribution in [0.15, 0.2) is 35.7 Å². The van der Waals surface area contributed by atoms with Gasteiger partial charge in [-0.3, -0.25) is 4.31 Å². The molecule has 0 saturated carbocycles. The largest absolute Gasteiger partial charge is 0.314 e. The highest BCUT2D eigenvalue weighted by Gasteiger charge is 2.47. The van der Waals surface area contributed by atoms with Gasteiger partial charge in [-0.2, -0.15) is 0 Å². The molecule has 3 rings (SSSR count). The highest BCUT2D eigenvalue weighted by atomic mass is 32.2. The Hall–Kier alpha value is -1.40. The van der Waals surface area contributed by atoms with Crippen LogP contribution in [-0.2, 0) is 10.0 Å². The summed E-state index contributed by atoms with van der Waals surface area (Å²) in [4.78, 5) is 0. The first-order valence-corrected chi connectivity index (χ1v) is 8.17. The van der Waals surface area contributed by atoms with Crippen LogP contribution in [0.4, 0.5) is 10.1 Å². The van der Waals surface area contributed by atoms with Gasteiger partial charge in [0.2, 0.25) is 0 Å². The fourth-order valence-corrected chi connectivity index (χ4v) is 4.86. The Morgan fingerprint density at radius 1 is 1.45 bits per heavy atom. The maximum Gasteiger partial charge on any atom is 0.258 e. The van der Waals surface area contributed by atoms with Crippen molar-refractivity contribution in [2.75, 3.05) is 10.8 Å². The van der Waals surface area contributed by atoms with E-state index in [4.69, 9.17) is 0 Å². The molecule has 0 radical (unpaired) electrons. The minimum Gasteiger partial charge on any atom is -0.314 e. The molecule has 108 valence electrons. The molecular weight excluding hydrogens is 279 g/mol. The quantitative estimate of drug-likeness (QED) is 0.862. The molecule has 1 fully saturated rings. The zero-order valence-electron chi connectivity index (χ0n) is 11.2. The number of nitrogens with zero attached hydrogens (tertiary/aromatic N) is 1.